The molecule has 0 amide bonds. The Kier molecular flexibility index (Phi) is 16.8. The molecule has 0 fully saturated rings. The Morgan fingerprint density at radius 2 is 0.583 bits per heavy atom. The molecule has 9 nitrogen and oxygen atoms in total. The van der Waals surface area contributed by atoms with Crippen molar-refractivity contribution in [1.82, 2.24) is 0 Å². The van der Waals surface area contributed by atoms with Crippen molar-refractivity contribution >= 4 is 89.5 Å². The number of rotatable bonds is 19. The summed E-state index contributed by atoms with van der Waals surface area (Å²) in [4.78, 5) is 0. The third kappa shape index (κ3) is 15.4. The van der Waals surface area contributed by atoms with E-state index >= 15 is 0 Å². The molecule has 0 heterocycles. The van der Waals surface area contributed by atoms with Crippen molar-refractivity contribution in [2.45, 2.75) is 98.2 Å². The second kappa shape index (κ2) is 16.1. The van der Waals surface area contributed by atoms with Crippen molar-refractivity contribution in [2.24, 2.45) is 0 Å². The van der Waals surface area contributed by atoms with Crippen LogP contribution in [0.2, 0.25) is 98.2 Å². The molecule has 0 aliphatic rings. The lowest BCUT2D eigenvalue weighted by Crippen LogP contribution is -2.68. The van der Waals surface area contributed by atoms with Crippen molar-refractivity contribution in [3.63, 3.8) is 0 Å². The Balaban J connectivity index is 6.83. The highest BCUT2D eigenvalue weighted by Crippen LogP contribution is 2.31. The smallest absolute Gasteiger partial charge is 0.416 e. The Bertz CT molecular complexity index is 546. The summed E-state index contributed by atoms with van der Waals surface area (Å²) in [6.07, 6.45) is 0. The van der Waals surface area contributed by atoms with Crippen molar-refractivity contribution < 1.29 is 37.0 Å². The predicted octanol–water partition coefficient (Wildman–Crippen LogP) is 5.01. The summed E-state index contributed by atoms with van der Waals surface area (Å²) in [6.45, 7) is 34.6. The molecule has 0 aliphatic carbocycles. The molecule has 0 saturated carbocycles. The first-order valence-corrected chi connectivity index (χ1v) is 34.8. The Morgan fingerprint density at radius 1 is 0.417 bits per heavy atom. The van der Waals surface area contributed by atoms with Crippen LogP contribution in [0.3, 0.4) is 0 Å². The maximum atomic E-state index is 6.83. The van der Waals surface area contributed by atoms with E-state index in [1.807, 2.05) is 19.6 Å². The summed E-state index contributed by atoms with van der Waals surface area (Å²) in [5.41, 5.74) is 1.64. The van der Waals surface area contributed by atoms with Gasteiger partial charge in [0.05, 0.1) is 0 Å². The van der Waals surface area contributed by atoms with E-state index in [1.54, 1.807) is 5.70 Å². The van der Waals surface area contributed by atoms with Gasteiger partial charge in [-0.25, -0.2) is 0 Å². The van der Waals surface area contributed by atoms with Crippen molar-refractivity contribution in [1.29, 1.82) is 0 Å². The van der Waals surface area contributed by atoms with Gasteiger partial charge in [-0.1, -0.05) is 0 Å². The van der Waals surface area contributed by atoms with Crippen LogP contribution in [0.25, 0.3) is 0 Å². The fraction of sp³-hybridized carbons (Fsp3) is 0.882. The van der Waals surface area contributed by atoms with Crippen LogP contribution in [0, 0.1) is 0 Å². The maximum Gasteiger partial charge on any atom is 0.506 e. The minimum atomic E-state index is -3.78. The fourth-order valence-electron chi connectivity index (χ4n) is 3.37. The van der Waals surface area contributed by atoms with Gasteiger partial charge in [-0.15, -0.1) is 6.58 Å². The average Bonchev–Trinajstić information content (AvgIpc) is 2.55. The minimum Gasteiger partial charge on any atom is -0.416 e. The summed E-state index contributed by atoms with van der Waals surface area (Å²) in [6, 6.07) is 0. The van der Waals surface area contributed by atoms with E-state index in [4.69, 9.17) is 37.0 Å². The van der Waals surface area contributed by atoms with E-state index in [0.29, 0.717) is 0 Å². The summed E-state index contributed by atoms with van der Waals surface area (Å²) in [7, 11) is -20.3. The topological polar surface area (TPSA) is 83.1 Å². The van der Waals surface area contributed by atoms with E-state index in [1.165, 1.54) is 0 Å². The van der Waals surface area contributed by atoms with Crippen LogP contribution in [-0.2, 0) is 37.0 Å². The molecular formula is C17H48O9Si10. The quantitative estimate of drug-likeness (QED) is 0.175. The van der Waals surface area contributed by atoms with Gasteiger partial charge in [-0.2, -0.15) is 0 Å². The monoisotopic (exact) mass is 676 g/mol. The largest absolute Gasteiger partial charge is 0.506 e. The molecule has 0 spiro atoms. The zero-order valence-electron chi connectivity index (χ0n) is 25.0. The Hall–Kier alpha value is 1.55. The van der Waals surface area contributed by atoms with Gasteiger partial charge in [-0.3, -0.25) is 0 Å². The number of hydrogen-bond acceptors (Lipinski definition) is 9. The minimum absolute atomic E-state index is 1.15. The molecule has 210 valence electrons. The van der Waals surface area contributed by atoms with Crippen LogP contribution >= 0.6 is 0 Å². The molecule has 0 unspecified atom stereocenters. The Labute approximate surface area is 236 Å². The lowest BCUT2D eigenvalue weighted by molar-refractivity contribution is 0.135. The van der Waals surface area contributed by atoms with Crippen LogP contribution in [0.4, 0.5) is 0 Å². The van der Waals surface area contributed by atoms with Crippen molar-refractivity contribution in [3.8, 4) is 0 Å². The molecule has 0 bridgehead atoms. The van der Waals surface area contributed by atoms with Gasteiger partial charge in [0, 0.05) is 19.6 Å². The van der Waals surface area contributed by atoms with E-state index in [-0.39, 0.29) is 0 Å². The third-order valence-electron chi connectivity index (χ3n) is 3.57. The zero-order valence-corrected chi connectivity index (χ0v) is 35.0. The highest BCUT2D eigenvalue weighted by molar-refractivity contribution is 6.92. The Morgan fingerprint density at radius 3 is 0.694 bits per heavy atom. The van der Waals surface area contributed by atoms with Gasteiger partial charge in [-0.05, 0) is 84.3 Å². The molecule has 36 heavy (non-hydrogen) atoms. The standard InChI is InChI=1S/C17H48O9Si10/c1-17-36(24-33(14,18-27(2)3)19-28(4)5,25-34(15,20-29(6)7)21-30(8)9)26-35(16,22-31(10)11)23-32(12)13/h17H,1H2,2-16H3. The SMILES string of the molecule is C=C[Si](O[Si](C)(O[Si](C)C)O[Si](C)C)(O[Si](C)(O[Si](C)C)O[Si](C)C)O[Si](C)(O[Si](C)C)O[Si](C)C. The average molecular weight is 677 g/mol. The van der Waals surface area contributed by atoms with Gasteiger partial charge >= 0.3 is 35.2 Å². The van der Waals surface area contributed by atoms with Crippen LogP contribution in [-0.4, -0.2) is 89.5 Å². The first-order valence-electron chi connectivity index (χ1n) is 11.9. The highest BCUT2D eigenvalue weighted by atomic mass is 28.6. The molecule has 0 saturated heterocycles. The highest BCUT2D eigenvalue weighted by Gasteiger charge is 2.59. The van der Waals surface area contributed by atoms with E-state index in [2.05, 4.69) is 85.1 Å². The molecule has 6 radical (unpaired) electrons. The van der Waals surface area contributed by atoms with Crippen LogP contribution in [0.5, 0.6) is 0 Å². The third-order valence-corrected chi connectivity index (χ3v) is 30.6. The van der Waals surface area contributed by atoms with Gasteiger partial charge < -0.3 is 37.0 Å². The fourth-order valence-corrected chi connectivity index (χ4v) is 34.9. The number of hydrogen-bond donors (Lipinski definition) is 0. The first kappa shape index (κ1) is 37.5. The summed E-state index contributed by atoms with van der Waals surface area (Å²) in [5, 5.41) is 0. The van der Waals surface area contributed by atoms with Gasteiger partial charge in [0.1, 0.15) is 0 Å². The molecular weight excluding hydrogens is 629 g/mol. The summed E-state index contributed by atoms with van der Waals surface area (Å²) < 4.78 is 58.9. The lowest BCUT2D eigenvalue weighted by atomic mass is 11.3. The normalized spacial score (nSPS) is 14.4. The van der Waals surface area contributed by atoms with E-state index in [9.17, 15) is 0 Å². The molecule has 0 aliphatic heterocycles. The molecule has 0 atom stereocenters. The predicted molar refractivity (Wildman–Crippen MR) is 165 cm³/mol. The van der Waals surface area contributed by atoms with Crippen molar-refractivity contribution in [2.75, 3.05) is 0 Å². The second-order valence-electron chi connectivity index (χ2n) is 9.76. The van der Waals surface area contributed by atoms with Gasteiger partial charge in [0.25, 0.3) is 0 Å². The van der Waals surface area contributed by atoms with E-state index in [0.717, 1.165) is 0 Å². The molecule has 19 heteroatoms. The lowest BCUT2D eigenvalue weighted by Gasteiger charge is -2.44. The first-order chi connectivity index (χ1) is 16.2. The molecule has 0 aromatic rings. The van der Waals surface area contributed by atoms with Gasteiger partial charge in [0.2, 0.25) is 0 Å². The van der Waals surface area contributed by atoms with Crippen LogP contribution in [0.1, 0.15) is 0 Å². The summed E-state index contributed by atoms with van der Waals surface area (Å²) >= 11 is 0. The zero-order chi connectivity index (χ0) is 28.5. The molecule has 0 aromatic heterocycles. The second-order valence-corrected chi connectivity index (χ2v) is 34.8. The van der Waals surface area contributed by atoms with Gasteiger partial charge in [0.15, 0.2) is 54.2 Å². The maximum absolute atomic E-state index is 6.83. The van der Waals surface area contributed by atoms with E-state index < -0.39 is 89.5 Å². The molecule has 0 N–H and O–H groups in total. The molecule has 0 rings (SSSR count). The van der Waals surface area contributed by atoms with Crippen LogP contribution in [0.15, 0.2) is 12.3 Å². The van der Waals surface area contributed by atoms with Crippen molar-refractivity contribution in [3.05, 3.63) is 12.3 Å². The molecule has 0 aromatic carbocycles. The summed E-state index contributed by atoms with van der Waals surface area (Å²) in [5.74, 6) is 0. The van der Waals surface area contributed by atoms with Crippen LogP contribution < -0.4 is 0 Å².